The van der Waals surface area contributed by atoms with Gasteiger partial charge < -0.3 is 24.4 Å². The maximum Gasteiger partial charge on any atom is 0.229 e. The van der Waals surface area contributed by atoms with E-state index >= 15 is 0 Å². The molecule has 1 aliphatic rings. The van der Waals surface area contributed by atoms with Gasteiger partial charge in [-0.3, -0.25) is 9.59 Å². The van der Waals surface area contributed by atoms with Crippen LogP contribution in [0.5, 0.6) is 17.2 Å². The molecule has 1 N–H and O–H groups in total. The molecule has 2 aromatic rings. The number of hydrogen-bond donors (Lipinski definition) is 1. The minimum atomic E-state index is -0.578. The molecule has 0 radical (unpaired) electrons. The van der Waals surface area contributed by atoms with Crippen molar-refractivity contribution in [1.82, 2.24) is 0 Å². The Morgan fingerprint density at radius 2 is 1.79 bits per heavy atom. The number of carbonyl (C=O) groups excluding carboxylic acids is 2. The van der Waals surface area contributed by atoms with Crippen molar-refractivity contribution in [1.29, 1.82) is 0 Å². The predicted molar refractivity (Wildman–Crippen MR) is 107 cm³/mol. The van der Waals surface area contributed by atoms with Gasteiger partial charge in [-0.05, 0) is 18.2 Å². The molecule has 1 unspecified atom stereocenters. The molecule has 7 nitrogen and oxygen atoms in total. The van der Waals surface area contributed by atoms with Crippen LogP contribution in [-0.4, -0.2) is 39.7 Å². The summed E-state index contributed by atoms with van der Waals surface area (Å²) in [5.74, 6) is -0.520. The third-order valence-corrected chi connectivity index (χ3v) is 4.93. The second-order valence-electron chi connectivity index (χ2n) is 6.41. The van der Waals surface area contributed by atoms with Crippen LogP contribution in [0.4, 0.5) is 15.8 Å². The Morgan fingerprint density at radius 3 is 2.34 bits per heavy atom. The Bertz CT molecular complexity index is 927. The Hall–Kier alpha value is -3.00. The molecule has 1 aliphatic heterocycles. The molecule has 1 fully saturated rings. The molecule has 2 amide bonds. The van der Waals surface area contributed by atoms with E-state index in [2.05, 4.69) is 5.32 Å². The van der Waals surface area contributed by atoms with Crippen LogP contribution in [0, 0.1) is 11.7 Å². The zero-order chi connectivity index (χ0) is 21.1. The quantitative estimate of drug-likeness (QED) is 0.771. The molecule has 0 spiro atoms. The number of halogens is 2. The van der Waals surface area contributed by atoms with E-state index in [4.69, 9.17) is 25.8 Å². The number of carbonyl (C=O) groups is 2. The van der Waals surface area contributed by atoms with Gasteiger partial charge in [0.15, 0.2) is 11.5 Å². The van der Waals surface area contributed by atoms with Crippen LogP contribution in [0.1, 0.15) is 6.42 Å². The first-order chi connectivity index (χ1) is 13.9. The minimum Gasteiger partial charge on any atom is -0.493 e. The van der Waals surface area contributed by atoms with Gasteiger partial charge in [-0.1, -0.05) is 11.6 Å². The van der Waals surface area contributed by atoms with Crippen LogP contribution in [0.25, 0.3) is 0 Å². The van der Waals surface area contributed by atoms with E-state index < -0.39 is 11.7 Å². The maximum atomic E-state index is 13.4. The molecule has 1 atom stereocenters. The van der Waals surface area contributed by atoms with Gasteiger partial charge in [0.05, 0.1) is 32.3 Å². The van der Waals surface area contributed by atoms with Crippen LogP contribution >= 0.6 is 11.6 Å². The molecule has 2 aromatic carbocycles. The van der Waals surface area contributed by atoms with Crippen molar-refractivity contribution in [2.45, 2.75) is 6.42 Å². The second-order valence-corrected chi connectivity index (χ2v) is 6.81. The monoisotopic (exact) mass is 422 g/mol. The lowest BCUT2D eigenvalue weighted by atomic mass is 10.1. The lowest BCUT2D eigenvalue weighted by Crippen LogP contribution is -2.28. The highest BCUT2D eigenvalue weighted by Crippen LogP contribution is 2.40. The van der Waals surface area contributed by atoms with E-state index in [1.54, 1.807) is 12.1 Å². The third kappa shape index (κ3) is 4.22. The summed E-state index contributed by atoms with van der Waals surface area (Å²) in [5, 5.41) is 2.70. The number of rotatable bonds is 6. The standard InChI is InChI=1S/C20H20ClFN2O5/c1-27-16-7-12(8-17(28-2)19(16)29-3)23-20(26)11-6-18(25)24(10-11)13-4-5-15(22)14(21)9-13/h4-5,7-9,11H,6,10H2,1-3H3,(H,23,26). The summed E-state index contributed by atoms with van der Waals surface area (Å²) in [5.41, 5.74) is 0.893. The van der Waals surface area contributed by atoms with Crippen molar-refractivity contribution in [3.8, 4) is 17.2 Å². The number of amides is 2. The van der Waals surface area contributed by atoms with Gasteiger partial charge in [0.1, 0.15) is 5.82 Å². The molecule has 29 heavy (non-hydrogen) atoms. The van der Waals surface area contributed by atoms with Gasteiger partial charge in [-0.2, -0.15) is 0 Å². The number of anilines is 2. The summed E-state index contributed by atoms with van der Waals surface area (Å²) in [4.78, 5) is 26.5. The normalized spacial score (nSPS) is 16.0. The van der Waals surface area contributed by atoms with Crippen molar-refractivity contribution in [3.63, 3.8) is 0 Å². The molecule has 0 bridgehead atoms. The fraction of sp³-hybridized carbons (Fsp3) is 0.300. The highest BCUT2D eigenvalue weighted by molar-refractivity contribution is 6.31. The maximum absolute atomic E-state index is 13.4. The molecule has 1 saturated heterocycles. The molecule has 9 heteroatoms. The summed E-state index contributed by atoms with van der Waals surface area (Å²) in [7, 11) is 4.44. The second kappa shape index (κ2) is 8.57. The molecule has 3 rings (SSSR count). The number of benzene rings is 2. The molecule has 154 valence electrons. The van der Waals surface area contributed by atoms with E-state index in [1.807, 2.05) is 0 Å². The average Bonchev–Trinajstić information content (AvgIpc) is 3.11. The molecule has 1 heterocycles. The molecular weight excluding hydrogens is 403 g/mol. The van der Waals surface area contributed by atoms with Gasteiger partial charge >= 0.3 is 0 Å². The van der Waals surface area contributed by atoms with Crippen molar-refractivity contribution >= 4 is 34.8 Å². The fourth-order valence-electron chi connectivity index (χ4n) is 3.18. The summed E-state index contributed by atoms with van der Waals surface area (Å²) in [6.07, 6.45) is 0.0330. The summed E-state index contributed by atoms with van der Waals surface area (Å²) < 4.78 is 29.2. The van der Waals surface area contributed by atoms with Gasteiger partial charge in [-0.15, -0.1) is 0 Å². The van der Waals surface area contributed by atoms with Crippen molar-refractivity contribution in [2.24, 2.45) is 5.92 Å². The number of hydrogen-bond acceptors (Lipinski definition) is 5. The first kappa shape index (κ1) is 20.7. The van der Waals surface area contributed by atoms with E-state index in [9.17, 15) is 14.0 Å². The number of nitrogens with zero attached hydrogens (tertiary/aromatic N) is 1. The van der Waals surface area contributed by atoms with E-state index in [0.29, 0.717) is 28.6 Å². The summed E-state index contributed by atoms with van der Waals surface area (Å²) in [6.45, 7) is 0.164. The topological polar surface area (TPSA) is 77.1 Å². The van der Waals surface area contributed by atoms with Gasteiger partial charge in [0.2, 0.25) is 17.6 Å². The number of nitrogens with one attached hydrogen (secondary N) is 1. The Balaban J connectivity index is 1.76. The lowest BCUT2D eigenvalue weighted by molar-refractivity contribution is -0.122. The molecule has 0 aromatic heterocycles. The van der Waals surface area contributed by atoms with E-state index in [-0.39, 0.29) is 29.8 Å². The van der Waals surface area contributed by atoms with Crippen LogP contribution in [-0.2, 0) is 9.59 Å². The summed E-state index contributed by atoms with van der Waals surface area (Å²) >= 11 is 5.80. The van der Waals surface area contributed by atoms with E-state index in [0.717, 1.165) is 0 Å². The van der Waals surface area contributed by atoms with Gasteiger partial charge in [-0.25, -0.2) is 4.39 Å². The van der Waals surface area contributed by atoms with E-state index in [1.165, 1.54) is 44.4 Å². The average molecular weight is 423 g/mol. The molecule has 0 aliphatic carbocycles. The Kier molecular flexibility index (Phi) is 6.12. The first-order valence-electron chi connectivity index (χ1n) is 8.74. The summed E-state index contributed by atoms with van der Waals surface area (Å²) in [6, 6.07) is 7.22. The lowest BCUT2D eigenvalue weighted by Gasteiger charge is -2.18. The van der Waals surface area contributed by atoms with Crippen LogP contribution in [0.15, 0.2) is 30.3 Å². The molecule has 0 saturated carbocycles. The highest BCUT2D eigenvalue weighted by atomic mass is 35.5. The van der Waals surface area contributed by atoms with Crippen molar-refractivity contribution in [3.05, 3.63) is 41.2 Å². The van der Waals surface area contributed by atoms with Gasteiger partial charge in [0.25, 0.3) is 0 Å². The zero-order valence-electron chi connectivity index (χ0n) is 16.1. The van der Waals surface area contributed by atoms with Crippen LogP contribution < -0.4 is 24.4 Å². The number of methoxy groups -OCH3 is 3. The SMILES string of the molecule is COc1cc(NC(=O)C2CC(=O)N(c3ccc(F)c(Cl)c3)C2)cc(OC)c1OC. The zero-order valence-corrected chi connectivity index (χ0v) is 16.9. The van der Waals surface area contributed by atoms with Crippen molar-refractivity contribution < 1.29 is 28.2 Å². The first-order valence-corrected chi connectivity index (χ1v) is 9.12. The molecular formula is C20H20ClFN2O5. The predicted octanol–water partition coefficient (Wildman–Crippen LogP) is 3.50. The number of ether oxygens (including phenoxy) is 3. The van der Waals surface area contributed by atoms with Crippen molar-refractivity contribution in [2.75, 3.05) is 38.1 Å². The Morgan fingerprint density at radius 1 is 1.14 bits per heavy atom. The highest BCUT2D eigenvalue weighted by Gasteiger charge is 2.35. The third-order valence-electron chi connectivity index (χ3n) is 4.64. The van der Waals surface area contributed by atoms with Crippen LogP contribution in [0.2, 0.25) is 5.02 Å². The smallest absolute Gasteiger partial charge is 0.229 e. The minimum absolute atomic E-state index is 0.0330. The van der Waals surface area contributed by atoms with Gasteiger partial charge in [0, 0.05) is 36.5 Å². The Labute approximate surface area is 172 Å². The largest absolute Gasteiger partial charge is 0.493 e. The fourth-order valence-corrected chi connectivity index (χ4v) is 3.36. The van der Waals surface area contributed by atoms with Crippen LogP contribution in [0.3, 0.4) is 0 Å².